The van der Waals surface area contributed by atoms with E-state index >= 15 is 0 Å². The van der Waals surface area contributed by atoms with Gasteiger partial charge >= 0.3 is 0 Å². The first kappa shape index (κ1) is 6.29. The number of aryl methyl sites for hydroxylation is 1. The van der Waals surface area contributed by atoms with E-state index in [2.05, 4.69) is 16.3 Å². The van der Waals surface area contributed by atoms with Gasteiger partial charge < -0.3 is 5.11 Å². The van der Waals surface area contributed by atoms with Gasteiger partial charge in [0.15, 0.2) is 0 Å². The van der Waals surface area contributed by atoms with Crippen molar-refractivity contribution < 1.29 is 5.11 Å². The molecule has 1 aromatic rings. The van der Waals surface area contributed by atoms with Crippen LogP contribution < -0.4 is 0 Å². The molecule has 0 unspecified atom stereocenters. The molecule has 0 saturated carbocycles. The minimum absolute atomic E-state index is 0.140. The van der Waals surface area contributed by atoms with Gasteiger partial charge in [-0.1, -0.05) is 0 Å². The fourth-order valence-corrected chi connectivity index (χ4v) is 0.648. The van der Waals surface area contributed by atoms with Gasteiger partial charge in [-0.3, -0.25) is 5.10 Å². The van der Waals surface area contributed by atoms with Crippen LogP contribution in [0.3, 0.4) is 0 Å². The maximum absolute atomic E-state index is 8.46. The summed E-state index contributed by atoms with van der Waals surface area (Å²) in [5.74, 6) is 0. The fourth-order valence-electron chi connectivity index (χ4n) is 0.648. The molecule has 0 fully saturated rings. The van der Waals surface area contributed by atoms with Crippen LogP contribution in [-0.4, -0.2) is 21.9 Å². The molecule has 1 rings (SSSR count). The standard InChI is InChI=1S/C6H9N2O/c1-5-4-6(2-3-9)8-7-5/h9H,2-3H2,1H3,(H,7,8). The van der Waals surface area contributed by atoms with E-state index in [1.807, 2.05) is 6.92 Å². The maximum Gasteiger partial charge on any atom is 0.0727 e. The first-order valence-corrected chi connectivity index (χ1v) is 2.87. The summed E-state index contributed by atoms with van der Waals surface area (Å²) in [4.78, 5) is 0. The highest BCUT2D eigenvalue weighted by Gasteiger charge is 1.94. The molecular weight excluding hydrogens is 116 g/mol. The van der Waals surface area contributed by atoms with Crippen molar-refractivity contribution in [1.29, 1.82) is 0 Å². The van der Waals surface area contributed by atoms with Crippen LogP contribution in [0.2, 0.25) is 0 Å². The summed E-state index contributed by atoms with van der Waals surface area (Å²) in [6, 6.07) is 2.95. The van der Waals surface area contributed by atoms with Gasteiger partial charge in [0.25, 0.3) is 0 Å². The van der Waals surface area contributed by atoms with Crippen molar-refractivity contribution in [3.8, 4) is 0 Å². The Balaban J connectivity index is 2.61. The first-order chi connectivity index (χ1) is 4.33. The average molecular weight is 125 g/mol. The zero-order chi connectivity index (χ0) is 6.69. The molecule has 0 spiro atoms. The number of nitrogens with zero attached hydrogens (tertiary/aromatic N) is 1. The molecule has 0 aliphatic heterocycles. The van der Waals surface area contributed by atoms with Crippen molar-refractivity contribution in [2.45, 2.75) is 13.3 Å². The van der Waals surface area contributed by atoms with Gasteiger partial charge in [-0.05, 0) is 6.92 Å². The van der Waals surface area contributed by atoms with Crippen LogP contribution in [0.15, 0.2) is 0 Å². The number of aromatic amines is 1. The minimum Gasteiger partial charge on any atom is -0.396 e. The molecule has 0 saturated heterocycles. The van der Waals surface area contributed by atoms with Crippen molar-refractivity contribution in [2.75, 3.05) is 6.61 Å². The highest BCUT2D eigenvalue weighted by atomic mass is 16.3. The van der Waals surface area contributed by atoms with Crippen LogP contribution in [0.4, 0.5) is 0 Å². The van der Waals surface area contributed by atoms with Gasteiger partial charge in [-0.2, -0.15) is 5.10 Å². The number of hydrogen-bond acceptors (Lipinski definition) is 2. The van der Waals surface area contributed by atoms with E-state index in [9.17, 15) is 0 Å². The van der Waals surface area contributed by atoms with Crippen molar-refractivity contribution in [3.05, 3.63) is 17.5 Å². The van der Waals surface area contributed by atoms with Gasteiger partial charge in [-0.15, -0.1) is 0 Å². The Morgan fingerprint density at radius 3 is 3.00 bits per heavy atom. The highest BCUT2D eigenvalue weighted by molar-refractivity contribution is 5.03. The minimum atomic E-state index is 0.140. The largest absolute Gasteiger partial charge is 0.396 e. The van der Waals surface area contributed by atoms with Crippen LogP contribution in [0.25, 0.3) is 0 Å². The molecule has 0 aliphatic carbocycles. The summed E-state index contributed by atoms with van der Waals surface area (Å²) < 4.78 is 0. The third-order valence-electron chi connectivity index (χ3n) is 1.04. The molecule has 3 nitrogen and oxygen atoms in total. The molecule has 49 valence electrons. The third-order valence-corrected chi connectivity index (χ3v) is 1.04. The first-order valence-electron chi connectivity index (χ1n) is 2.87. The molecule has 1 radical (unpaired) electrons. The lowest BCUT2D eigenvalue weighted by atomic mass is 10.3. The second-order valence-corrected chi connectivity index (χ2v) is 1.89. The molecule has 9 heavy (non-hydrogen) atoms. The van der Waals surface area contributed by atoms with Crippen LogP contribution in [0, 0.1) is 13.0 Å². The summed E-state index contributed by atoms with van der Waals surface area (Å²) in [5.41, 5.74) is 1.72. The molecule has 1 aromatic heterocycles. The van der Waals surface area contributed by atoms with Crippen LogP contribution in [0.1, 0.15) is 11.4 Å². The van der Waals surface area contributed by atoms with Crippen molar-refractivity contribution in [2.24, 2.45) is 0 Å². The second kappa shape index (κ2) is 2.64. The van der Waals surface area contributed by atoms with Gasteiger partial charge in [0.2, 0.25) is 0 Å². The van der Waals surface area contributed by atoms with E-state index in [1.54, 1.807) is 0 Å². The van der Waals surface area contributed by atoms with E-state index in [0.29, 0.717) is 6.42 Å². The molecule has 0 atom stereocenters. The second-order valence-electron chi connectivity index (χ2n) is 1.89. The smallest absolute Gasteiger partial charge is 0.0727 e. The van der Waals surface area contributed by atoms with E-state index in [0.717, 1.165) is 11.4 Å². The average Bonchev–Trinajstić information content (AvgIpc) is 2.17. The number of rotatable bonds is 2. The summed E-state index contributed by atoms with van der Waals surface area (Å²) >= 11 is 0. The Morgan fingerprint density at radius 1 is 1.78 bits per heavy atom. The van der Waals surface area contributed by atoms with Crippen LogP contribution >= 0.6 is 0 Å². The zero-order valence-corrected chi connectivity index (χ0v) is 5.31. The van der Waals surface area contributed by atoms with E-state index in [1.165, 1.54) is 0 Å². The van der Waals surface area contributed by atoms with Gasteiger partial charge in [-0.25, -0.2) is 0 Å². The predicted octanol–water partition coefficient (Wildman–Crippen LogP) is 0.0531. The number of nitrogens with one attached hydrogen (secondary N) is 1. The molecule has 0 aliphatic rings. The Labute approximate surface area is 53.7 Å². The lowest BCUT2D eigenvalue weighted by Gasteiger charge is -1.83. The van der Waals surface area contributed by atoms with Gasteiger partial charge in [0.1, 0.15) is 0 Å². The molecule has 1 heterocycles. The number of hydrogen-bond donors (Lipinski definition) is 2. The summed E-state index contributed by atoms with van der Waals surface area (Å²) in [6.07, 6.45) is 0.588. The number of aliphatic hydroxyl groups excluding tert-OH is 1. The van der Waals surface area contributed by atoms with Gasteiger partial charge in [0.05, 0.1) is 5.69 Å². The topological polar surface area (TPSA) is 48.9 Å². The molecule has 0 amide bonds. The van der Waals surface area contributed by atoms with E-state index in [-0.39, 0.29) is 6.61 Å². The number of aliphatic hydroxyl groups is 1. The Bertz CT molecular complexity index is 183. The third kappa shape index (κ3) is 1.54. The summed E-state index contributed by atoms with van der Waals surface area (Å²) in [6.45, 7) is 2.02. The summed E-state index contributed by atoms with van der Waals surface area (Å²) in [7, 11) is 0. The van der Waals surface area contributed by atoms with Gasteiger partial charge in [0, 0.05) is 24.8 Å². The lowest BCUT2D eigenvalue weighted by molar-refractivity contribution is 0.298. The summed E-state index contributed by atoms with van der Waals surface area (Å²) in [5, 5.41) is 15.1. The van der Waals surface area contributed by atoms with Crippen LogP contribution in [0.5, 0.6) is 0 Å². The molecule has 3 heteroatoms. The fraction of sp³-hybridized carbons (Fsp3) is 0.500. The normalized spacial score (nSPS) is 10.0. The van der Waals surface area contributed by atoms with Crippen molar-refractivity contribution >= 4 is 0 Å². The predicted molar refractivity (Wildman–Crippen MR) is 33.0 cm³/mol. The SMILES string of the molecule is Cc1[c]c(CCO)n[nH]1. The quantitative estimate of drug-likeness (QED) is 0.587. The number of aromatic nitrogens is 2. The van der Waals surface area contributed by atoms with Crippen molar-refractivity contribution in [1.82, 2.24) is 10.2 Å². The Hall–Kier alpha value is -0.830. The molecule has 0 aromatic carbocycles. The molecule has 2 N–H and O–H groups in total. The Morgan fingerprint density at radius 2 is 2.56 bits per heavy atom. The van der Waals surface area contributed by atoms with E-state index < -0.39 is 0 Å². The molecule has 0 bridgehead atoms. The van der Waals surface area contributed by atoms with Crippen LogP contribution in [-0.2, 0) is 6.42 Å². The maximum atomic E-state index is 8.46. The lowest BCUT2D eigenvalue weighted by Crippen LogP contribution is -1.89. The monoisotopic (exact) mass is 125 g/mol. The molecular formula is C6H9N2O. The Kier molecular flexibility index (Phi) is 1.85. The van der Waals surface area contributed by atoms with E-state index in [4.69, 9.17) is 5.11 Å². The highest BCUT2D eigenvalue weighted by Crippen LogP contribution is 1.95. The van der Waals surface area contributed by atoms with Crippen molar-refractivity contribution in [3.63, 3.8) is 0 Å². The number of H-pyrrole nitrogens is 1. The zero-order valence-electron chi connectivity index (χ0n) is 5.31.